The number of amides is 13. The van der Waals surface area contributed by atoms with E-state index in [-0.39, 0.29) is 98.5 Å². The number of fused-ring (bicyclic) bond motifs is 31. The van der Waals surface area contributed by atoms with E-state index in [1.54, 1.807) is 72.8 Å². The molecule has 37 heteroatoms. The average molecular weight is 1520 g/mol. The normalized spacial score (nSPS) is 23.0. The summed E-state index contributed by atoms with van der Waals surface area (Å²) in [6.07, 6.45) is 1.23. The number of benzene rings is 4. The molecule has 3 saturated heterocycles. The van der Waals surface area contributed by atoms with Crippen molar-refractivity contribution in [3.8, 4) is 11.5 Å². The topological polar surface area (TPSA) is 555 Å². The largest absolute Gasteiger partial charge is 0.508 e. The van der Waals surface area contributed by atoms with Gasteiger partial charge >= 0.3 is 0 Å². The van der Waals surface area contributed by atoms with Gasteiger partial charge in [0.25, 0.3) is 0 Å². The Morgan fingerprint density at radius 1 is 0.613 bits per heavy atom. The highest BCUT2D eigenvalue weighted by molar-refractivity contribution is 8.76. The van der Waals surface area contributed by atoms with Gasteiger partial charge in [0.15, 0.2) is 5.96 Å². The molecule has 23 N–H and O–H groups in total. The van der Waals surface area contributed by atoms with E-state index in [4.69, 9.17) is 28.3 Å². The monoisotopic (exact) mass is 1520 g/mol. The number of aromatic nitrogens is 2. The molecule has 1 aromatic heterocycles. The number of nitrogens with two attached hydrogens (primary N) is 4. The Hall–Kier alpha value is -10.9. The maximum absolute atomic E-state index is 15.1. The van der Waals surface area contributed by atoms with Crippen molar-refractivity contribution in [1.82, 2.24) is 73.4 Å². The second kappa shape index (κ2) is 41.0. The molecule has 0 saturated carbocycles. The highest BCUT2D eigenvalue weighted by atomic mass is 33.1. The second-order valence-corrected chi connectivity index (χ2v) is 28.9. The lowest BCUT2D eigenvalue weighted by Crippen LogP contribution is -2.62. The zero-order valence-corrected chi connectivity index (χ0v) is 60.5. The number of aromatic hydroxyl groups is 2. The van der Waals surface area contributed by atoms with E-state index in [1.165, 1.54) is 62.8 Å². The predicted octanol–water partition coefficient (Wildman–Crippen LogP) is -3.49. The summed E-state index contributed by atoms with van der Waals surface area (Å²) in [5.74, 6) is -14.0. The minimum atomic E-state index is -1.77. The highest BCUT2D eigenvalue weighted by Crippen LogP contribution is 2.25. The van der Waals surface area contributed by atoms with Gasteiger partial charge in [-0.25, -0.2) is 4.98 Å². The molecular formula is C69H89N19O15S3. The lowest BCUT2D eigenvalue weighted by atomic mass is 10.0. The van der Waals surface area contributed by atoms with Crippen molar-refractivity contribution in [2.75, 3.05) is 36.1 Å². The van der Waals surface area contributed by atoms with Gasteiger partial charge in [-0.1, -0.05) is 107 Å². The summed E-state index contributed by atoms with van der Waals surface area (Å²) in [4.78, 5) is 195. The second-order valence-electron chi connectivity index (χ2n) is 25.3. The minimum Gasteiger partial charge on any atom is -0.508 e. The molecule has 3 aliphatic rings. The van der Waals surface area contributed by atoms with Crippen molar-refractivity contribution in [3.63, 3.8) is 0 Å². The van der Waals surface area contributed by atoms with Gasteiger partial charge in [-0.15, -0.1) is 11.8 Å². The first-order valence-electron chi connectivity index (χ1n) is 33.8. The molecule has 12 atom stereocenters. The van der Waals surface area contributed by atoms with Crippen molar-refractivity contribution < 1.29 is 72.5 Å². The Bertz CT molecular complexity index is 3890. The molecule has 0 spiro atoms. The number of nitrogens with one attached hydrogen (secondary N) is 13. The molecule has 3 fully saturated rings. The van der Waals surface area contributed by atoms with Gasteiger partial charge in [0.05, 0.1) is 24.5 Å². The van der Waals surface area contributed by atoms with Crippen molar-refractivity contribution in [3.05, 3.63) is 150 Å². The number of primary amides is 2. The number of carbonyl (C=O) groups excluding carboxylic acids is 13. The molecule has 3 aliphatic heterocycles. The number of hydrogen-bond acceptors (Lipinski definition) is 21. The summed E-state index contributed by atoms with van der Waals surface area (Å²) in [6, 6.07) is 10.7. The summed E-state index contributed by atoms with van der Waals surface area (Å²) in [7, 11) is 1.79. The standard InChI is InChI=1S/C69H89N19O15S3/c1-37-59(94)81-49(26-39-10-5-3-6-11-39)63(98)87-55(67(102)80-48(58(72)93)25-42-17-21-46(90)22-18-42)34-106-105-33-54(85-61(96)47(70)24-41-15-19-45(89)20-16-41)68(103)84-51(28-44-30-75-36-77-44)65(100)83-50(27-40-12-7-4-8-13-40)64(99)86-53-32-104-35-57(92)88(31-43(79-66(53)101)14-9-23-76-69(73)74)38(2)60(95)82-52(29-56(71)91)62(97)78-37/h3-8,10-13,15-22,30,36-38,43,47-55,89-90H,9,14,23-29,31-35,70H2,1-2H3,(H2,71,91)(H2,72,93)(H,75,77)(H,78,97)(H,79,101)(H,80,102)(H,81,94)(H,82,95)(H,83,100)(H,84,103)(H,85,96)(H,86,99)(H,87,98)(H4,73,74,76)/t37-,38-,43-,47-,48-,49-,50+,51-,52-,53+,54-,55-/m0/s1. The third-order valence-electron chi connectivity index (χ3n) is 16.9. The number of nitrogens with zero attached hydrogens (tertiary/aromatic N) is 2. The lowest BCUT2D eigenvalue weighted by molar-refractivity contribution is -0.140. The summed E-state index contributed by atoms with van der Waals surface area (Å²) >= 11 is 0.915. The number of aromatic amines is 1. The minimum absolute atomic E-state index is 0.0529. The van der Waals surface area contributed by atoms with E-state index in [0.717, 1.165) is 38.2 Å². The molecule has 2 bridgehead atoms. The van der Waals surface area contributed by atoms with Crippen LogP contribution in [0, 0.1) is 5.41 Å². The number of imidazole rings is 1. The fraction of sp³-hybridized carbons (Fsp3) is 0.406. The Morgan fingerprint density at radius 3 is 1.75 bits per heavy atom. The van der Waals surface area contributed by atoms with Crippen LogP contribution in [0.2, 0.25) is 0 Å². The fourth-order valence-electron chi connectivity index (χ4n) is 11.1. The zero-order valence-electron chi connectivity index (χ0n) is 58.0. The van der Waals surface area contributed by atoms with E-state index in [1.807, 2.05) is 0 Å². The summed E-state index contributed by atoms with van der Waals surface area (Å²) < 4.78 is 0. The van der Waals surface area contributed by atoms with Crippen LogP contribution in [0.1, 0.15) is 61.1 Å². The first-order valence-corrected chi connectivity index (χ1v) is 37.4. The zero-order chi connectivity index (χ0) is 77.0. The maximum atomic E-state index is 15.1. The molecule has 0 aliphatic carbocycles. The van der Waals surface area contributed by atoms with Crippen molar-refractivity contribution in [1.29, 1.82) is 5.41 Å². The fourth-order valence-corrected chi connectivity index (χ4v) is 14.4. The SMILES string of the molecule is C[C@@H]1NC(=O)[C@H](CC(N)=O)NC(=O)[C@H](C)N2C[C@H](CCCNC(=N)N)NC(=O)[C@@H](CSCC2=O)NC(=O)[C@@H](Cc2ccccc2)NC(=O)[C@H](Cc2cnc[nH]2)NC(=O)[C@@H](NC(=O)[C@@H](N)Cc2ccc(O)cc2)CSSC[C@@H](C(=O)N[C@@H](Cc2ccc(O)cc2)C(N)=O)NC(=O)[C@H](Cc2ccccc2)NC1=O. The Kier molecular flexibility index (Phi) is 31.8. The molecule has 568 valence electrons. The van der Waals surface area contributed by atoms with Crippen LogP contribution in [-0.2, 0) is 94.4 Å². The van der Waals surface area contributed by atoms with Crippen LogP contribution in [-0.4, -0.2) is 216 Å². The number of carbonyl (C=O) groups is 13. The van der Waals surface area contributed by atoms with Crippen molar-refractivity contribution in [2.24, 2.45) is 22.9 Å². The summed E-state index contributed by atoms with van der Waals surface area (Å²) in [5.41, 5.74) is 25.8. The smallest absolute Gasteiger partial charge is 0.244 e. The molecule has 34 nitrogen and oxygen atoms in total. The molecular weight excluding hydrogens is 1430 g/mol. The lowest BCUT2D eigenvalue weighted by Gasteiger charge is -2.35. The van der Waals surface area contributed by atoms with Crippen LogP contribution in [0.25, 0.3) is 0 Å². The molecule has 4 heterocycles. The van der Waals surface area contributed by atoms with Gasteiger partial charge in [-0.3, -0.25) is 67.7 Å². The first-order chi connectivity index (χ1) is 50.6. The van der Waals surface area contributed by atoms with Gasteiger partial charge in [-0.05, 0) is 79.6 Å². The predicted molar refractivity (Wildman–Crippen MR) is 395 cm³/mol. The van der Waals surface area contributed by atoms with Crippen LogP contribution in [0.15, 0.2) is 122 Å². The summed E-state index contributed by atoms with van der Waals surface area (Å²) in [5, 5.41) is 56.9. The van der Waals surface area contributed by atoms with Gasteiger partial charge in [0.1, 0.15) is 71.9 Å². The van der Waals surface area contributed by atoms with E-state index in [2.05, 4.69) is 68.5 Å². The number of thioether (sulfide) groups is 1. The van der Waals surface area contributed by atoms with Crippen LogP contribution in [0.3, 0.4) is 0 Å². The third kappa shape index (κ3) is 26.7. The van der Waals surface area contributed by atoms with Crippen LogP contribution in [0.4, 0.5) is 0 Å². The average Bonchev–Trinajstić information content (AvgIpc) is 1.03. The molecule has 4 aromatic carbocycles. The number of guanidine groups is 1. The Morgan fingerprint density at radius 2 is 1.16 bits per heavy atom. The van der Waals surface area contributed by atoms with Gasteiger partial charge in [0.2, 0.25) is 76.8 Å². The number of rotatable bonds is 21. The molecule has 106 heavy (non-hydrogen) atoms. The Balaban J connectivity index is 1.30. The molecule has 0 radical (unpaired) electrons. The summed E-state index contributed by atoms with van der Waals surface area (Å²) in [6.45, 7) is 2.34. The Labute approximate surface area is 622 Å². The van der Waals surface area contributed by atoms with Crippen molar-refractivity contribution >= 4 is 116 Å². The number of hydrogen-bond donors (Lipinski definition) is 19. The number of phenolic OH excluding ortho intramolecular Hbond substituents is 2. The third-order valence-corrected chi connectivity index (χ3v) is 20.4. The van der Waals surface area contributed by atoms with E-state index in [0.29, 0.717) is 27.9 Å². The maximum Gasteiger partial charge on any atom is 0.244 e. The van der Waals surface area contributed by atoms with Crippen molar-refractivity contribution in [2.45, 2.75) is 138 Å². The molecule has 8 rings (SSSR count). The van der Waals surface area contributed by atoms with E-state index < -0.39 is 156 Å². The van der Waals surface area contributed by atoms with E-state index >= 15 is 9.59 Å². The molecule has 13 amide bonds. The molecule has 5 aromatic rings. The van der Waals surface area contributed by atoms with Gasteiger partial charge < -0.3 is 102 Å². The first kappa shape index (κ1) is 82.4. The van der Waals surface area contributed by atoms with Gasteiger partial charge in [-0.2, -0.15) is 0 Å². The number of phenols is 2. The quantitative estimate of drug-likeness (QED) is 0.0111. The van der Waals surface area contributed by atoms with Crippen LogP contribution in [0.5, 0.6) is 11.5 Å². The van der Waals surface area contributed by atoms with E-state index in [9.17, 15) is 63.0 Å². The number of H-pyrrole nitrogens is 1. The van der Waals surface area contributed by atoms with Crippen LogP contribution < -0.4 is 81.4 Å². The molecule has 0 unspecified atom stereocenters. The van der Waals surface area contributed by atoms with Gasteiger partial charge in [0, 0.05) is 74.0 Å². The highest BCUT2D eigenvalue weighted by Gasteiger charge is 2.39. The van der Waals surface area contributed by atoms with Crippen LogP contribution >= 0.6 is 33.3 Å².